The van der Waals surface area contributed by atoms with Crippen LogP contribution >= 0.6 is 11.6 Å². The first-order valence-electron chi connectivity index (χ1n) is 8.19. The van der Waals surface area contributed by atoms with E-state index in [0.29, 0.717) is 0 Å². The van der Waals surface area contributed by atoms with Crippen molar-refractivity contribution in [3.8, 4) is 0 Å². The number of benzene rings is 1. The molecule has 0 aliphatic heterocycles. The van der Waals surface area contributed by atoms with Crippen LogP contribution in [-0.4, -0.2) is 23.8 Å². The van der Waals surface area contributed by atoms with Gasteiger partial charge >= 0.3 is 6.09 Å². The Bertz CT molecular complexity index is 550. The molecule has 1 aliphatic rings. The van der Waals surface area contributed by atoms with E-state index in [1.54, 1.807) is 0 Å². The number of ether oxygens (including phenoxy) is 1. The fraction of sp³-hybridized carbons (Fsp3) is 0.611. The average molecular weight is 339 g/mol. The van der Waals surface area contributed by atoms with E-state index in [2.05, 4.69) is 23.6 Å². The lowest BCUT2D eigenvalue weighted by Crippen LogP contribution is -2.60. The van der Waals surface area contributed by atoms with Crippen LogP contribution in [-0.2, 0) is 4.74 Å². The van der Waals surface area contributed by atoms with Crippen LogP contribution in [0.4, 0.5) is 4.79 Å². The number of halogens is 1. The monoisotopic (exact) mass is 338 g/mol. The predicted molar refractivity (Wildman–Crippen MR) is 93.8 cm³/mol. The highest BCUT2D eigenvalue weighted by Gasteiger charge is 2.39. The third kappa shape index (κ3) is 5.40. The Morgan fingerprint density at radius 1 is 1.39 bits per heavy atom. The average Bonchev–Trinajstić information content (AvgIpc) is 2.39. The maximum atomic E-state index is 12.0. The van der Waals surface area contributed by atoms with Crippen LogP contribution in [0.25, 0.3) is 0 Å². The Kier molecular flexibility index (Phi) is 5.58. The highest BCUT2D eigenvalue weighted by Crippen LogP contribution is 2.32. The Balaban J connectivity index is 1.90. The number of amides is 1. The lowest BCUT2D eigenvalue weighted by Gasteiger charge is -2.43. The number of alkyl carbamates (subject to hydrolysis) is 1. The van der Waals surface area contributed by atoms with Gasteiger partial charge < -0.3 is 15.4 Å². The molecule has 1 aromatic carbocycles. The van der Waals surface area contributed by atoms with Gasteiger partial charge in [0.15, 0.2) is 0 Å². The Labute approximate surface area is 143 Å². The standard InChI is InChI=1S/C18H27ClN2O2/c1-13(14-7-5-8-15(19)11-14)20-12-18(9-6-10-18)21-16(22)23-17(2,3)4/h5,7-8,11,13,20H,6,9-10,12H2,1-4H3,(H,21,22). The number of hydrogen-bond donors (Lipinski definition) is 2. The van der Waals surface area contributed by atoms with E-state index in [-0.39, 0.29) is 17.7 Å². The van der Waals surface area contributed by atoms with Crippen LogP contribution in [0.15, 0.2) is 24.3 Å². The molecule has 23 heavy (non-hydrogen) atoms. The van der Waals surface area contributed by atoms with Crippen molar-refractivity contribution in [2.75, 3.05) is 6.54 Å². The summed E-state index contributed by atoms with van der Waals surface area (Å²) in [6, 6.07) is 8.02. The highest BCUT2D eigenvalue weighted by molar-refractivity contribution is 6.30. The van der Waals surface area contributed by atoms with Gasteiger partial charge in [-0.05, 0) is 64.7 Å². The molecule has 0 heterocycles. The van der Waals surface area contributed by atoms with Crippen molar-refractivity contribution in [2.45, 2.75) is 64.1 Å². The molecule has 0 radical (unpaired) electrons. The molecule has 1 unspecified atom stereocenters. The van der Waals surface area contributed by atoms with Gasteiger partial charge in [-0.3, -0.25) is 0 Å². The molecule has 0 saturated heterocycles. The minimum Gasteiger partial charge on any atom is -0.444 e. The second-order valence-electron chi connectivity index (χ2n) is 7.42. The largest absolute Gasteiger partial charge is 0.444 e. The van der Waals surface area contributed by atoms with Crippen molar-refractivity contribution in [1.29, 1.82) is 0 Å². The molecular weight excluding hydrogens is 312 g/mol. The van der Waals surface area contributed by atoms with E-state index in [4.69, 9.17) is 16.3 Å². The third-order valence-corrected chi connectivity index (χ3v) is 4.41. The molecule has 0 bridgehead atoms. The van der Waals surface area contributed by atoms with Gasteiger partial charge in [-0.2, -0.15) is 0 Å². The zero-order valence-corrected chi connectivity index (χ0v) is 15.2. The molecule has 4 nitrogen and oxygen atoms in total. The highest BCUT2D eigenvalue weighted by atomic mass is 35.5. The zero-order chi connectivity index (χ0) is 17.1. The van der Waals surface area contributed by atoms with Gasteiger partial charge in [0.25, 0.3) is 0 Å². The quantitative estimate of drug-likeness (QED) is 0.834. The van der Waals surface area contributed by atoms with E-state index >= 15 is 0 Å². The van der Waals surface area contributed by atoms with Crippen LogP contribution in [0.2, 0.25) is 5.02 Å². The molecule has 1 atom stereocenters. The van der Waals surface area contributed by atoms with Gasteiger partial charge in [0, 0.05) is 17.6 Å². The summed E-state index contributed by atoms with van der Waals surface area (Å²) in [4.78, 5) is 12.0. The maximum Gasteiger partial charge on any atom is 0.408 e. The van der Waals surface area contributed by atoms with Crippen molar-refractivity contribution in [2.24, 2.45) is 0 Å². The van der Waals surface area contributed by atoms with Crippen LogP contribution in [0.5, 0.6) is 0 Å². The smallest absolute Gasteiger partial charge is 0.408 e. The molecule has 1 amide bonds. The number of rotatable bonds is 5. The second kappa shape index (κ2) is 7.10. The van der Waals surface area contributed by atoms with E-state index in [1.807, 2.05) is 39.0 Å². The molecule has 0 spiro atoms. The molecule has 2 rings (SSSR count). The molecule has 128 valence electrons. The summed E-state index contributed by atoms with van der Waals surface area (Å²) in [5, 5.41) is 7.30. The lowest BCUT2D eigenvalue weighted by molar-refractivity contribution is 0.0379. The van der Waals surface area contributed by atoms with Gasteiger partial charge in [-0.15, -0.1) is 0 Å². The summed E-state index contributed by atoms with van der Waals surface area (Å²) in [6.07, 6.45) is 2.74. The van der Waals surface area contributed by atoms with Crippen LogP contribution in [0.3, 0.4) is 0 Å². The molecule has 2 N–H and O–H groups in total. The van der Waals surface area contributed by atoms with E-state index in [9.17, 15) is 4.79 Å². The third-order valence-electron chi connectivity index (χ3n) is 4.17. The fourth-order valence-electron chi connectivity index (χ4n) is 2.71. The van der Waals surface area contributed by atoms with Gasteiger partial charge in [0.1, 0.15) is 5.60 Å². The summed E-state index contributed by atoms with van der Waals surface area (Å²) < 4.78 is 5.38. The zero-order valence-electron chi connectivity index (χ0n) is 14.4. The molecular formula is C18H27ClN2O2. The molecule has 1 aliphatic carbocycles. The minimum absolute atomic E-state index is 0.173. The number of carbonyl (C=O) groups is 1. The van der Waals surface area contributed by atoms with E-state index in [1.165, 1.54) is 0 Å². The summed E-state index contributed by atoms with van der Waals surface area (Å²) in [7, 11) is 0. The summed E-state index contributed by atoms with van der Waals surface area (Å²) in [5.74, 6) is 0. The van der Waals surface area contributed by atoms with Crippen molar-refractivity contribution in [3.05, 3.63) is 34.9 Å². The minimum atomic E-state index is -0.476. The lowest BCUT2D eigenvalue weighted by atomic mass is 9.76. The summed E-state index contributed by atoms with van der Waals surface area (Å²) in [5.41, 5.74) is 0.468. The maximum absolute atomic E-state index is 12.0. The first kappa shape index (κ1) is 18.1. The van der Waals surface area contributed by atoms with Crippen LogP contribution in [0, 0.1) is 0 Å². The number of nitrogens with one attached hydrogen (secondary N) is 2. The van der Waals surface area contributed by atoms with Gasteiger partial charge in [-0.1, -0.05) is 23.7 Å². The van der Waals surface area contributed by atoms with Gasteiger partial charge in [-0.25, -0.2) is 4.79 Å². The second-order valence-corrected chi connectivity index (χ2v) is 7.85. The van der Waals surface area contributed by atoms with Crippen LogP contribution in [0.1, 0.15) is 58.6 Å². The Morgan fingerprint density at radius 2 is 2.09 bits per heavy atom. The van der Waals surface area contributed by atoms with Crippen molar-refractivity contribution in [1.82, 2.24) is 10.6 Å². The van der Waals surface area contributed by atoms with E-state index < -0.39 is 5.60 Å². The fourth-order valence-corrected chi connectivity index (χ4v) is 2.91. The topological polar surface area (TPSA) is 50.4 Å². The molecule has 1 fully saturated rings. The number of carbonyl (C=O) groups excluding carboxylic acids is 1. The first-order chi connectivity index (χ1) is 10.7. The van der Waals surface area contributed by atoms with Gasteiger partial charge in [0.05, 0.1) is 5.54 Å². The summed E-state index contributed by atoms with van der Waals surface area (Å²) >= 11 is 6.05. The molecule has 0 aromatic heterocycles. The van der Waals surface area contributed by atoms with Crippen molar-refractivity contribution in [3.63, 3.8) is 0 Å². The molecule has 1 aromatic rings. The first-order valence-corrected chi connectivity index (χ1v) is 8.57. The van der Waals surface area contributed by atoms with E-state index in [0.717, 1.165) is 36.4 Å². The normalized spacial score (nSPS) is 18.0. The Morgan fingerprint density at radius 3 is 2.61 bits per heavy atom. The van der Waals surface area contributed by atoms with Crippen molar-refractivity contribution < 1.29 is 9.53 Å². The number of hydrogen-bond acceptors (Lipinski definition) is 3. The molecule has 1 saturated carbocycles. The van der Waals surface area contributed by atoms with Gasteiger partial charge in [0.2, 0.25) is 0 Å². The molecule has 5 heteroatoms. The SMILES string of the molecule is CC(NCC1(NC(=O)OC(C)(C)C)CCC1)c1cccc(Cl)c1. The van der Waals surface area contributed by atoms with Crippen molar-refractivity contribution >= 4 is 17.7 Å². The van der Waals surface area contributed by atoms with Crippen LogP contribution < -0.4 is 10.6 Å². The Hall–Kier alpha value is -1.26. The summed E-state index contributed by atoms with van der Waals surface area (Å²) in [6.45, 7) is 8.45. The predicted octanol–water partition coefficient (Wildman–Crippen LogP) is 4.44.